The maximum Gasteiger partial charge on any atom is 0.0336 e. The Labute approximate surface area is 75.3 Å². The maximum absolute atomic E-state index is 6.08. The van der Waals surface area contributed by atoms with E-state index in [4.69, 9.17) is 11.6 Å². The zero-order valence-electron chi connectivity index (χ0n) is 7.48. The predicted molar refractivity (Wildman–Crippen MR) is 51.1 cm³/mol. The van der Waals surface area contributed by atoms with Crippen molar-refractivity contribution in [3.63, 3.8) is 0 Å². The van der Waals surface area contributed by atoms with Gasteiger partial charge in [-0.15, -0.1) is 11.6 Å². The zero-order valence-corrected chi connectivity index (χ0v) is 8.24. The number of alkyl halides is 1. The Morgan fingerprint density at radius 2 is 1.45 bits per heavy atom. The SMILES string of the molecule is CC(Cl)C1CCCCCCC1. The van der Waals surface area contributed by atoms with E-state index < -0.39 is 0 Å². The van der Waals surface area contributed by atoms with E-state index in [2.05, 4.69) is 6.92 Å². The average Bonchev–Trinajstić information content (AvgIpc) is 1.84. The van der Waals surface area contributed by atoms with Gasteiger partial charge in [0.2, 0.25) is 0 Å². The summed E-state index contributed by atoms with van der Waals surface area (Å²) >= 11 is 6.08. The van der Waals surface area contributed by atoms with Crippen LogP contribution >= 0.6 is 11.6 Å². The molecule has 0 spiro atoms. The lowest BCUT2D eigenvalue weighted by molar-refractivity contribution is 0.374. The van der Waals surface area contributed by atoms with Crippen molar-refractivity contribution in [3.8, 4) is 0 Å². The van der Waals surface area contributed by atoms with E-state index in [-0.39, 0.29) is 0 Å². The molecule has 1 atom stereocenters. The Balaban J connectivity index is 2.26. The summed E-state index contributed by atoms with van der Waals surface area (Å²) in [5, 5.41) is 0.396. The molecular formula is C10H19Cl. The molecule has 1 rings (SSSR count). The van der Waals surface area contributed by atoms with Crippen molar-refractivity contribution in [3.05, 3.63) is 0 Å². The highest BCUT2D eigenvalue weighted by molar-refractivity contribution is 6.20. The number of halogens is 1. The fraction of sp³-hybridized carbons (Fsp3) is 1.00. The highest BCUT2D eigenvalue weighted by Gasteiger charge is 2.15. The monoisotopic (exact) mass is 174 g/mol. The molecular weight excluding hydrogens is 156 g/mol. The molecule has 0 aromatic carbocycles. The predicted octanol–water partition coefficient (Wildman–Crippen LogP) is 3.97. The second-order valence-electron chi connectivity index (χ2n) is 3.78. The third-order valence-corrected chi connectivity index (χ3v) is 3.16. The molecule has 1 saturated carbocycles. The van der Waals surface area contributed by atoms with Gasteiger partial charge in [-0.05, 0) is 25.7 Å². The Kier molecular flexibility index (Phi) is 4.29. The van der Waals surface area contributed by atoms with Crippen LogP contribution in [0.15, 0.2) is 0 Å². The van der Waals surface area contributed by atoms with Gasteiger partial charge < -0.3 is 0 Å². The van der Waals surface area contributed by atoms with Crippen LogP contribution < -0.4 is 0 Å². The smallest absolute Gasteiger partial charge is 0.0336 e. The Morgan fingerprint density at radius 3 is 1.91 bits per heavy atom. The molecule has 0 radical (unpaired) electrons. The van der Waals surface area contributed by atoms with Crippen LogP contribution in [0.3, 0.4) is 0 Å². The molecule has 0 saturated heterocycles. The van der Waals surface area contributed by atoms with Crippen LogP contribution in [-0.4, -0.2) is 5.38 Å². The van der Waals surface area contributed by atoms with Gasteiger partial charge in [0.25, 0.3) is 0 Å². The molecule has 1 fully saturated rings. The van der Waals surface area contributed by atoms with Crippen LogP contribution in [0.25, 0.3) is 0 Å². The van der Waals surface area contributed by atoms with Crippen LogP contribution in [-0.2, 0) is 0 Å². The summed E-state index contributed by atoms with van der Waals surface area (Å²) in [5.74, 6) is 0.803. The van der Waals surface area contributed by atoms with Gasteiger partial charge in [-0.3, -0.25) is 0 Å². The molecule has 0 aromatic heterocycles. The van der Waals surface area contributed by atoms with Crippen molar-refractivity contribution in [1.29, 1.82) is 0 Å². The summed E-state index contributed by atoms with van der Waals surface area (Å²) in [7, 11) is 0. The van der Waals surface area contributed by atoms with Crippen molar-refractivity contribution in [1.82, 2.24) is 0 Å². The van der Waals surface area contributed by atoms with Gasteiger partial charge in [0.15, 0.2) is 0 Å². The second-order valence-corrected chi connectivity index (χ2v) is 4.47. The molecule has 0 N–H and O–H groups in total. The lowest BCUT2D eigenvalue weighted by Gasteiger charge is -2.21. The minimum Gasteiger partial charge on any atom is -0.123 e. The third-order valence-electron chi connectivity index (χ3n) is 2.80. The molecule has 1 heteroatoms. The standard InChI is InChI=1S/C10H19Cl/c1-9(11)10-7-5-3-2-4-6-8-10/h9-10H,2-8H2,1H3. The summed E-state index contributed by atoms with van der Waals surface area (Å²) in [6.07, 6.45) is 9.85. The summed E-state index contributed by atoms with van der Waals surface area (Å²) < 4.78 is 0. The zero-order chi connectivity index (χ0) is 8.10. The van der Waals surface area contributed by atoms with Crippen molar-refractivity contribution < 1.29 is 0 Å². The van der Waals surface area contributed by atoms with E-state index >= 15 is 0 Å². The molecule has 0 aliphatic heterocycles. The van der Waals surface area contributed by atoms with Crippen molar-refractivity contribution in [2.45, 2.75) is 57.2 Å². The lowest BCUT2D eigenvalue weighted by Crippen LogP contribution is -2.12. The molecule has 0 bridgehead atoms. The summed E-state index contributed by atoms with van der Waals surface area (Å²) in [5.41, 5.74) is 0. The molecule has 0 amide bonds. The van der Waals surface area contributed by atoms with Gasteiger partial charge in [0.1, 0.15) is 0 Å². The second kappa shape index (κ2) is 5.03. The first-order valence-corrected chi connectivity index (χ1v) is 5.38. The van der Waals surface area contributed by atoms with E-state index in [1.54, 1.807) is 0 Å². The first kappa shape index (κ1) is 9.38. The number of rotatable bonds is 1. The molecule has 1 unspecified atom stereocenters. The van der Waals surface area contributed by atoms with Gasteiger partial charge in [0, 0.05) is 5.38 Å². The minimum absolute atomic E-state index is 0.396. The van der Waals surface area contributed by atoms with Gasteiger partial charge in [0.05, 0.1) is 0 Å². The molecule has 11 heavy (non-hydrogen) atoms. The van der Waals surface area contributed by atoms with Crippen LogP contribution in [0.1, 0.15) is 51.9 Å². The molecule has 0 heterocycles. The topological polar surface area (TPSA) is 0 Å². The van der Waals surface area contributed by atoms with Crippen molar-refractivity contribution in [2.75, 3.05) is 0 Å². The normalized spacial score (nSPS) is 25.6. The largest absolute Gasteiger partial charge is 0.123 e. The number of hydrogen-bond acceptors (Lipinski definition) is 0. The van der Waals surface area contributed by atoms with Crippen LogP contribution in [0, 0.1) is 5.92 Å². The molecule has 0 nitrogen and oxygen atoms in total. The van der Waals surface area contributed by atoms with E-state index in [1.165, 1.54) is 44.9 Å². The average molecular weight is 175 g/mol. The fourth-order valence-electron chi connectivity index (χ4n) is 1.95. The first-order valence-electron chi connectivity index (χ1n) is 4.95. The molecule has 0 aromatic rings. The maximum atomic E-state index is 6.08. The highest BCUT2D eigenvalue weighted by Crippen LogP contribution is 2.26. The van der Waals surface area contributed by atoms with E-state index in [9.17, 15) is 0 Å². The molecule has 1 aliphatic rings. The summed E-state index contributed by atoms with van der Waals surface area (Å²) in [6.45, 7) is 2.15. The van der Waals surface area contributed by atoms with Gasteiger partial charge in [-0.1, -0.05) is 32.1 Å². The Bertz CT molecular complexity index is 91.0. The van der Waals surface area contributed by atoms with E-state index in [0.29, 0.717) is 5.38 Å². The van der Waals surface area contributed by atoms with E-state index in [1.807, 2.05) is 0 Å². The van der Waals surface area contributed by atoms with Gasteiger partial charge in [-0.25, -0.2) is 0 Å². The first-order chi connectivity index (χ1) is 5.30. The van der Waals surface area contributed by atoms with Crippen LogP contribution in [0.2, 0.25) is 0 Å². The van der Waals surface area contributed by atoms with Crippen LogP contribution in [0.5, 0.6) is 0 Å². The Morgan fingerprint density at radius 1 is 1.00 bits per heavy atom. The molecule has 1 aliphatic carbocycles. The fourth-order valence-corrected chi connectivity index (χ4v) is 2.20. The van der Waals surface area contributed by atoms with Gasteiger partial charge in [-0.2, -0.15) is 0 Å². The molecule has 66 valence electrons. The van der Waals surface area contributed by atoms with Crippen molar-refractivity contribution in [2.24, 2.45) is 5.92 Å². The lowest BCUT2D eigenvalue weighted by atomic mass is 9.89. The summed E-state index contributed by atoms with van der Waals surface area (Å²) in [6, 6.07) is 0. The highest BCUT2D eigenvalue weighted by atomic mass is 35.5. The number of hydrogen-bond donors (Lipinski definition) is 0. The van der Waals surface area contributed by atoms with Crippen LogP contribution in [0.4, 0.5) is 0 Å². The van der Waals surface area contributed by atoms with Crippen molar-refractivity contribution >= 4 is 11.6 Å². The quantitative estimate of drug-likeness (QED) is 0.528. The third kappa shape index (κ3) is 3.46. The minimum atomic E-state index is 0.396. The summed E-state index contributed by atoms with van der Waals surface area (Å²) in [4.78, 5) is 0. The van der Waals surface area contributed by atoms with Gasteiger partial charge >= 0.3 is 0 Å². The van der Waals surface area contributed by atoms with E-state index in [0.717, 1.165) is 5.92 Å². The Hall–Kier alpha value is 0.290.